The van der Waals surface area contributed by atoms with E-state index in [0.29, 0.717) is 31.2 Å². The number of likely N-dealkylation sites (tertiary alicyclic amines) is 1. The molecule has 0 atom stereocenters. The lowest BCUT2D eigenvalue weighted by atomic mass is 9.95. The highest BCUT2D eigenvalue weighted by atomic mass is 16.4. The third-order valence-electron chi connectivity index (χ3n) is 7.51. The summed E-state index contributed by atoms with van der Waals surface area (Å²) in [6.07, 6.45) is 10.8. The first-order chi connectivity index (χ1) is 18.0. The van der Waals surface area contributed by atoms with Gasteiger partial charge in [0, 0.05) is 31.2 Å². The number of amides is 3. The van der Waals surface area contributed by atoms with E-state index < -0.39 is 5.97 Å². The van der Waals surface area contributed by atoms with Crippen molar-refractivity contribution in [3.8, 4) is 11.4 Å². The number of imidazole rings is 1. The molecule has 1 aliphatic carbocycles. The van der Waals surface area contributed by atoms with E-state index in [1.54, 1.807) is 17.4 Å². The van der Waals surface area contributed by atoms with Crippen LogP contribution in [0, 0.1) is 5.92 Å². The maximum Gasteiger partial charge on any atom is 0.323 e. The molecule has 1 saturated carbocycles. The number of hydrogen-bond acceptors (Lipinski definition) is 5. The number of fused-ring (bicyclic) bond motifs is 1. The van der Waals surface area contributed by atoms with Crippen molar-refractivity contribution in [3.63, 3.8) is 0 Å². The maximum absolute atomic E-state index is 13.0. The number of aromatic nitrogens is 2. The van der Waals surface area contributed by atoms with E-state index in [2.05, 4.69) is 15.2 Å². The van der Waals surface area contributed by atoms with Crippen LogP contribution in [0.15, 0.2) is 41.2 Å². The average molecular weight is 508 g/mol. The molecule has 2 aliphatic rings. The summed E-state index contributed by atoms with van der Waals surface area (Å²) in [6, 6.07) is 7.69. The summed E-state index contributed by atoms with van der Waals surface area (Å²) < 4.78 is 7.65. The molecule has 5 rings (SSSR count). The molecule has 10 heteroatoms. The summed E-state index contributed by atoms with van der Waals surface area (Å²) in [7, 11) is 0. The van der Waals surface area contributed by atoms with Crippen LogP contribution in [0.3, 0.4) is 0 Å². The molecule has 3 heterocycles. The van der Waals surface area contributed by atoms with Gasteiger partial charge in [0.25, 0.3) is 5.91 Å². The molecule has 37 heavy (non-hydrogen) atoms. The van der Waals surface area contributed by atoms with Crippen molar-refractivity contribution in [1.29, 1.82) is 0 Å². The third kappa shape index (κ3) is 5.63. The van der Waals surface area contributed by atoms with Gasteiger partial charge in [0.15, 0.2) is 0 Å². The van der Waals surface area contributed by atoms with Crippen LogP contribution in [0.5, 0.6) is 0 Å². The summed E-state index contributed by atoms with van der Waals surface area (Å²) in [5, 5.41) is 14.2. The monoisotopic (exact) mass is 507 g/mol. The second-order valence-electron chi connectivity index (χ2n) is 10.0. The second kappa shape index (κ2) is 11.1. The quantitative estimate of drug-likeness (QED) is 0.443. The zero-order chi connectivity index (χ0) is 25.8. The number of nitrogens with zero attached hydrogens (tertiary/aromatic N) is 3. The SMILES string of the molecule is O=C(O)CNC(=O)N1CCC(CNC(=O)c2ccc3c(c2)nc(-c2ccoc2)n3C2CCCCC2)CC1. The van der Waals surface area contributed by atoms with Gasteiger partial charge in [-0.15, -0.1) is 0 Å². The van der Waals surface area contributed by atoms with Crippen molar-refractivity contribution in [2.24, 2.45) is 5.92 Å². The van der Waals surface area contributed by atoms with E-state index in [-0.39, 0.29) is 24.4 Å². The van der Waals surface area contributed by atoms with Crippen molar-refractivity contribution in [2.75, 3.05) is 26.2 Å². The molecule has 1 aromatic carbocycles. The largest absolute Gasteiger partial charge is 0.480 e. The zero-order valence-corrected chi connectivity index (χ0v) is 20.8. The molecular weight excluding hydrogens is 474 g/mol. The van der Waals surface area contributed by atoms with Crippen molar-refractivity contribution in [2.45, 2.75) is 51.0 Å². The molecule has 3 N–H and O–H groups in total. The fourth-order valence-corrected chi connectivity index (χ4v) is 5.49. The van der Waals surface area contributed by atoms with E-state index in [4.69, 9.17) is 14.5 Å². The first kappa shape index (κ1) is 24.9. The van der Waals surface area contributed by atoms with Gasteiger partial charge < -0.3 is 29.6 Å². The van der Waals surface area contributed by atoms with Crippen LogP contribution < -0.4 is 10.6 Å². The van der Waals surface area contributed by atoms with E-state index in [0.717, 1.165) is 48.1 Å². The number of nitrogens with one attached hydrogen (secondary N) is 2. The lowest BCUT2D eigenvalue weighted by Crippen LogP contribution is -2.47. The van der Waals surface area contributed by atoms with Crippen LogP contribution >= 0.6 is 0 Å². The minimum absolute atomic E-state index is 0.138. The Morgan fingerprint density at radius 3 is 2.51 bits per heavy atom. The highest BCUT2D eigenvalue weighted by molar-refractivity contribution is 5.98. The lowest BCUT2D eigenvalue weighted by Gasteiger charge is -2.32. The number of hydrogen-bond donors (Lipinski definition) is 3. The van der Waals surface area contributed by atoms with Crippen molar-refractivity contribution in [3.05, 3.63) is 42.4 Å². The van der Waals surface area contributed by atoms with Gasteiger partial charge in [-0.1, -0.05) is 19.3 Å². The van der Waals surface area contributed by atoms with Crippen LogP contribution in [0.25, 0.3) is 22.4 Å². The zero-order valence-electron chi connectivity index (χ0n) is 20.8. The summed E-state index contributed by atoms with van der Waals surface area (Å²) in [6.45, 7) is 1.21. The average Bonchev–Trinajstić information content (AvgIpc) is 3.59. The Hall–Kier alpha value is -3.82. The van der Waals surface area contributed by atoms with Gasteiger partial charge in [0.2, 0.25) is 0 Å². The number of carboxylic acids is 1. The molecule has 3 aromatic rings. The smallest absolute Gasteiger partial charge is 0.323 e. The molecule has 2 aromatic heterocycles. The molecule has 0 unspecified atom stereocenters. The maximum atomic E-state index is 13.0. The number of carboxylic acid groups (broad SMARTS) is 1. The number of carbonyl (C=O) groups excluding carboxylic acids is 2. The Morgan fingerprint density at radius 2 is 1.81 bits per heavy atom. The first-order valence-corrected chi connectivity index (χ1v) is 13.1. The Kier molecular flexibility index (Phi) is 7.43. The summed E-state index contributed by atoms with van der Waals surface area (Å²) in [5.74, 6) is -0.0648. The normalized spacial score (nSPS) is 17.1. The van der Waals surface area contributed by atoms with E-state index in [1.165, 1.54) is 19.3 Å². The number of piperidine rings is 1. The second-order valence-corrected chi connectivity index (χ2v) is 10.0. The van der Waals surface area contributed by atoms with Gasteiger partial charge in [-0.3, -0.25) is 9.59 Å². The van der Waals surface area contributed by atoms with Crippen LogP contribution in [-0.2, 0) is 4.79 Å². The topological polar surface area (TPSA) is 130 Å². The highest BCUT2D eigenvalue weighted by Crippen LogP contribution is 2.36. The summed E-state index contributed by atoms with van der Waals surface area (Å²) in [4.78, 5) is 42.2. The molecular formula is C27H33N5O5. The van der Waals surface area contributed by atoms with Gasteiger partial charge in [-0.05, 0) is 55.9 Å². The molecule has 1 saturated heterocycles. The third-order valence-corrected chi connectivity index (χ3v) is 7.51. The molecule has 0 bridgehead atoms. The fraction of sp³-hybridized carbons (Fsp3) is 0.481. The number of aliphatic carboxylic acids is 1. The number of carbonyl (C=O) groups is 3. The van der Waals surface area contributed by atoms with Crippen LogP contribution in [-0.4, -0.2) is 63.6 Å². The first-order valence-electron chi connectivity index (χ1n) is 13.1. The predicted octanol–water partition coefficient (Wildman–Crippen LogP) is 4.04. The number of rotatable bonds is 7. The molecule has 196 valence electrons. The van der Waals surface area contributed by atoms with Gasteiger partial charge in [-0.2, -0.15) is 0 Å². The van der Waals surface area contributed by atoms with E-state index in [9.17, 15) is 14.4 Å². The molecule has 2 fully saturated rings. The molecule has 1 aliphatic heterocycles. The van der Waals surface area contributed by atoms with Crippen LogP contribution in [0.1, 0.15) is 61.3 Å². The highest BCUT2D eigenvalue weighted by Gasteiger charge is 2.25. The number of urea groups is 1. The summed E-state index contributed by atoms with van der Waals surface area (Å²) >= 11 is 0. The Balaban J connectivity index is 1.23. The van der Waals surface area contributed by atoms with Crippen molar-refractivity contribution < 1.29 is 23.9 Å². The predicted molar refractivity (Wildman–Crippen MR) is 137 cm³/mol. The van der Waals surface area contributed by atoms with Gasteiger partial charge >= 0.3 is 12.0 Å². The van der Waals surface area contributed by atoms with Crippen molar-refractivity contribution >= 4 is 28.9 Å². The molecule has 10 nitrogen and oxygen atoms in total. The van der Waals surface area contributed by atoms with Gasteiger partial charge in [0.05, 0.1) is 22.9 Å². The number of furan rings is 1. The minimum atomic E-state index is -1.07. The van der Waals surface area contributed by atoms with Crippen LogP contribution in [0.2, 0.25) is 0 Å². The lowest BCUT2D eigenvalue weighted by molar-refractivity contribution is -0.135. The van der Waals surface area contributed by atoms with Gasteiger partial charge in [0.1, 0.15) is 18.6 Å². The minimum Gasteiger partial charge on any atom is -0.480 e. The van der Waals surface area contributed by atoms with Crippen LogP contribution in [0.4, 0.5) is 4.79 Å². The molecule has 0 spiro atoms. The Labute approximate surface area is 215 Å². The Morgan fingerprint density at radius 1 is 1.03 bits per heavy atom. The Bertz CT molecular complexity index is 1250. The molecule has 3 amide bonds. The summed E-state index contributed by atoms with van der Waals surface area (Å²) in [5.41, 5.74) is 3.35. The van der Waals surface area contributed by atoms with E-state index in [1.807, 2.05) is 24.3 Å². The molecule has 0 radical (unpaired) electrons. The number of benzene rings is 1. The van der Waals surface area contributed by atoms with E-state index >= 15 is 0 Å². The standard InChI is InChI=1S/C27H33N5O5/c33-24(34)16-29-27(36)31-11-8-18(9-12-31)15-28-26(35)19-6-7-23-22(14-19)30-25(20-10-13-37-17-20)32(23)21-4-2-1-3-5-21/h6-7,10,13-14,17-18,21H,1-5,8-9,11-12,15-16H2,(H,28,35)(H,29,36)(H,33,34). The fourth-order valence-electron chi connectivity index (χ4n) is 5.49. The van der Waals surface area contributed by atoms with Gasteiger partial charge in [-0.25, -0.2) is 9.78 Å². The van der Waals surface area contributed by atoms with Crippen molar-refractivity contribution in [1.82, 2.24) is 25.1 Å².